The molecule has 0 bridgehead atoms. The Kier molecular flexibility index (Phi) is 11.1. The second kappa shape index (κ2) is 14.6. The number of halogens is 4. The number of alkyl halides is 3. The van der Waals surface area contributed by atoms with E-state index in [1.54, 1.807) is 13.0 Å². The first-order valence-electron chi connectivity index (χ1n) is 15.4. The number of piperidine rings is 1. The van der Waals surface area contributed by atoms with E-state index in [2.05, 4.69) is 33.9 Å². The van der Waals surface area contributed by atoms with Gasteiger partial charge in [-0.3, -0.25) is 14.5 Å². The molecule has 9 nitrogen and oxygen atoms in total. The number of nitrogens with one attached hydrogen (secondary N) is 2. The van der Waals surface area contributed by atoms with E-state index in [-0.39, 0.29) is 22.9 Å². The molecular weight excluding hydrogens is 592 g/mol. The van der Waals surface area contributed by atoms with Crippen LogP contribution in [0.4, 0.5) is 40.4 Å². The molecule has 3 aromatic rings. The number of likely N-dealkylation sites (tertiary alicyclic amines) is 1. The number of pyridine rings is 1. The van der Waals surface area contributed by atoms with Crippen LogP contribution in [0, 0.1) is 19.7 Å². The number of rotatable bonds is 8. The van der Waals surface area contributed by atoms with Gasteiger partial charge in [0, 0.05) is 37.8 Å². The molecule has 0 radical (unpaired) electrons. The highest BCUT2D eigenvalue weighted by Crippen LogP contribution is 2.33. The Labute approximate surface area is 260 Å². The van der Waals surface area contributed by atoms with Gasteiger partial charge in [0.1, 0.15) is 23.7 Å². The second-order valence-corrected chi connectivity index (χ2v) is 11.7. The van der Waals surface area contributed by atoms with Crippen LogP contribution in [0.3, 0.4) is 0 Å². The summed E-state index contributed by atoms with van der Waals surface area (Å²) in [6.07, 6.45) is 0.151. The lowest BCUT2D eigenvalue weighted by Gasteiger charge is -2.47. The molecule has 0 saturated carbocycles. The standard InChI is InChI=1S/C24H33F3N6O3.C8H9F/c1-3-16-13-32(9-10-33(16)17-5-7-31(4-2)8-6-17)23-18(34)11-15(12-28-23)30-20-19(21(35)22(20)36)29-14-24(25,26)27;1-6-3-4-7(2)8(9)5-6/h11-12,16-17,29-30,34H,3-10,13-14H2,1-2H3;3-5H,1-2H3. The normalized spacial score (nSPS) is 18.5. The van der Waals surface area contributed by atoms with Gasteiger partial charge in [0.05, 0.1) is 11.9 Å². The summed E-state index contributed by atoms with van der Waals surface area (Å²) >= 11 is 0. The van der Waals surface area contributed by atoms with Crippen molar-refractivity contribution in [3.63, 3.8) is 0 Å². The van der Waals surface area contributed by atoms with Gasteiger partial charge in [-0.15, -0.1) is 0 Å². The Bertz CT molecular complexity index is 1520. The molecular formula is C32H42F4N6O3. The lowest BCUT2D eigenvalue weighted by molar-refractivity contribution is -0.115. The van der Waals surface area contributed by atoms with Crippen molar-refractivity contribution in [3.05, 3.63) is 67.9 Å². The average molecular weight is 635 g/mol. The molecule has 2 aromatic carbocycles. The number of aryl methyl sites for hydroxylation is 2. The van der Waals surface area contributed by atoms with E-state index < -0.39 is 29.3 Å². The molecule has 1 aromatic heterocycles. The van der Waals surface area contributed by atoms with Gasteiger partial charge < -0.3 is 25.5 Å². The molecule has 246 valence electrons. The molecule has 1 atom stereocenters. The van der Waals surface area contributed by atoms with Gasteiger partial charge in [0.15, 0.2) is 11.6 Å². The van der Waals surface area contributed by atoms with Crippen LogP contribution in [0.15, 0.2) is 40.1 Å². The Morgan fingerprint density at radius 3 is 2.27 bits per heavy atom. The van der Waals surface area contributed by atoms with Gasteiger partial charge in [-0.05, 0) is 69.9 Å². The fourth-order valence-corrected chi connectivity index (χ4v) is 5.94. The van der Waals surface area contributed by atoms with Gasteiger partial charge in [-0.1, -0.05) is 26.0 Å². The van der Waals surface area contributed by atoms with Crippen LogP contribution in [-0.2, 0) is 0 Å². The maximum atomic E-state index is 12.6. The third-order valence-electron chi connectivity index (χ3n) is 8.59. The fourth-order valence-electron chi connectivity index (χ4n) is 5.94. The van der Waals surface area contributed by atoms with Crippen molar-refractivity contribution >= 4 is 22.9 Å². The summed E-state index contributed by atoms with van der Waals surface area (Å²) < 4.78 is 50.0. The minimum absolute atomic E-state index is 0.108. The molecule has 2 fully saturated rings. The smallest absolute Gasteiger partial charge is 0.405 e. The minimum Gasteiger partial charge on any atom is -0.504 e. The fraction of sp³-hybridized carbons (Fsp3) is 0.531. The number of piperazine rings is 1. The molecule has 3 N–H and O–H groups in total. The Balaban J connectivity index is 0.000000440. The second-order valence-electron chi connectivity index (χ2n) is 11.7. The van der Waals surface area contributed by atoms with Gasteiger partial charge in [0.2, 0.25) is 0 Å². The van der Waals surface area contributed by atoms with Gasteiger partial charge in [-0.2, -0.15) is 13.2 Å². The van der Waals surface area contributed by atoms with Gasteiger partial charge in [-0.25, -0.2) is 9.37 Å². The third kappa shape index (κ3) is 8.51. The lowest BCUT2D eigenvalue weighted by atomic mass is 9.98. The summed E-state index contributed by atoms with van der Waals surface area (Å²) in [4.78, 5) is 35.0. The van der Waals surface area contributed by atoms with E-state index >= 15 is 0 Å². The van der Waals surface area contributed by atoms with E-state index in [0.29, 0.717) is 30.0 Å². The van der Waals surface area contributed by atoms with E-state index in [1.807, 2.05) is 23.2 Å². The summed E-state index contributed by atoms with van der Waals surface area (Å²) in [6, 6.07) is 7.48. The predicted octanol–water partition coefficient (Wildman–Crippen LogP) is 4.93. The summed E-state index contributed by atoms with van der Waals surface area (Å²) in [6.45, 7) is 12.2. The third-order valence-corrected chi connectivity index (χ3v) is 8.59. The molecule has 0 amide bonds. The van der Waals surface area contributed by atoms with Crippen LogP contribution < -0.4 is 26.4 Å². The number of nitrogens with zero attached hydrogens (tertiary/aromatic N) is 4. The first-order chi connectivity index (χ1) is 21.3. The van der Waals surface area contributed by atoms with Crippen molar-refractivity contribution in [3.8, 4) is 5.75 Å². The largest absolute Gasteiger partial charge is 0.504 e. The first-order valence-corrected chi connectivity index (χ1v) is 15.4. The van der Waals surface area contributed by atoms with Crippen LogP contribution in [0.25, 0.3) is 0 Å². The summed E-state index contributed by atoms with van der Waals surface area (Å²) in [7, 11) is 0. The molecule has 3 heterocycles. The van der Waals surface area contributed by atoms with Crippen LogP contribution in [0.1, 0.15) is 44.2 Å². The number of hydrogen-bond donors (Lipinski definition) is 3. The molecule has 2 aliphatic rings. The zero-order valence-corrected chi connectivity index (χ0v) is 26.2. The van der Waals surface area contributed by atoms with Crippen LogP contribution in [0.5, 0.6) is 5.75 Å². The molecule has 13 heteroatoms. The number of anilines is 4. The molecule has 0 aliphatic carbocycles. The van der Waals surface area contributed by atoms with E-state index in [1.165, 1.54) is 18.3 Å². The van der Waals surface area contributed by atoms with Crippen molar-refractivity contribution in [2.24, 2.45) is 0 Å². The molecule has 45 heavy (non-hydrogen) atoms. The lowest BCUT2D eigenvalue weighted by Crippen LogP contribution is -2.58. The number of hydrogen-bond acceptors (Lipinski definition) is 9. The van der Waals surface area contributed by atoms with Crippen LogP contribution >= 0.6 is 0 Å². The number of benzene rings is 1. The molecule has 2 saturated heterocycles. The van der Waals surface area contributed by atoms with Crippen molar-refractivity contribution in [1.29, 1.82) is 0 Å². The maximum Gasteiger partial charge on any atom is 0.405 e. The van der Waals surface area contributed by atoms with Crippen molar-refractivity contribution in [2.45, 2.75) is 65.2 Å². The number of aromatic hydroxyl groups is 1. The first kappa shape index (κ1) is 34.2. The van der Waals surface area contributed by atoms with E-state index in [4.69, 9.17) is 0 Å². The highest BCUT2D eigenvalue weighted by atomic mass is 19.4. The SMILES string of the molecule is CCC1CN(c2ncc(Nc3c(NCC(F)(F)F)c(=O)c3=O)cc2O)CCN1C1CCN(CC)CC1.Cc1ccc(C)c(F)c1. The highest BCUT2D eigenvalue weighted by Gasteiger charge is 2.34. The minimum atomic E-state index is -4.54. The van der Waals surface area contributed by atoms with Crippen molar-refractivity contribution in [1.82, 2.24) is 14.8 Å². The molecule has 1 unspecified atom stereocenters. The highest BCUT2D eigenvalue weighted by molar-refractivity contribution is 5.79. The average Bonchev–Trinajstić information content (AvgIpc) is 3.02. The van der Waals surface area contributed by atoms with Crippen LogP contribution in [0.2, 0.25) is 0 Å². The van der Waals surface area contributed by atoms with Gasteiger partial charge in [0.25, 0.3) is 10.9 Å². The molecule has 0 spiro atoms. The zero-order valence-electron chi connectivity index (χ0n) is 26.2. The summed E-state index contributed by atoms with van der Waals surface area (Å²) in [5.74, 6) is 0.193. The van der Waals surface area contributed by atoms with Crippen LogP contribution in [-0.4, -0.2) is 84.0 Å². The Hall–Kier alpha value is -3.71. The van der Waals surface area contributed by atoms with Crippen molar-refractivity contribution < 1.29 is 22.7 Å². The Morgan fingerprint density at radius 1 is 1.00 bits per heavy atom. The summed E-state index contributed by atoms with van der Waals surface area (Å²) in [5.41, 5.74) is -0.751. The predicted molar refractivity (Wildman–Crippen MR) is 169 cm³/mol. The van der Waals surface area contributed by atoms with E-state index in [0.717, 1.165) is 57.5 Å². The van der Waals surface area contributed by atoms with Gasteiger partial charge >= 0.3 is 6.18 Å². The Morgan fingerprint density at radius 2 is 1.69 bits per heavy atom. The summed E-state index contributed by atoms with van der Waals surface area (Å²) in [5, 5.41) is 15.3. The quantitative estimate of drug-likeness (QED) is 0.235. The number of aromatic nitrogens is 1. The topological polar surface area (TPSA) is 101 Å². The van der Waals surface area contributed by atoms with Crippen molar-refractivity contribution in [2.75, 3.05) is 61.3 Å². The monoisotopic (exact) mass is 634 g/mol. The molecule has 2 aliphatic heterocycles. The molecule has 5 rings (SSSR count). The van der Waals surface area contributed by atoms with E-state index in [9.17, 15) is 32.3 Å². The maximum absolute atomic E-state index is 12.6. The zero-order chi connectivity index (χ0) is 32.9.